The van der Waals surface area contributed by atoms with Crippen molar-refractivity contribution in [3.63, 3.8) is 0 Å². The van der Waals surface area contributed by atoms with E-state index in [0.29, 0.717) is 25.7 Å². The Balaban J connectivity index is -0.00000364. The second kappa shape index (κ2) is 19.3. The summed E-state index contributed by atoms with van der Waals surface area (Å²) in [4.78, 5) is 23.5. The van der Waals surface area contributed by atoms with Crippen LogP contribution in [0.3, 0.4) is 0 Å². The summed E-state index contributed by atoms with van der Waals surface area (Å²) in [7, 11) is -5.15. The molecule has 1 unspecified atom stereocenters. The van der Waals surface area contributed by atoms with Crippen LogP contribution in [0.2, 0.25) is 0 Å². The van der Waals surface area contributed by atoms with Crippen molar-refractivity contribution < 1.29 is 91.9 Å². The van der Waals surface area contributed by atoms with Crippen LogP contribution in [0.4, 0.5) is 0 Å². The molecule has 0 saturated carbocycles. The first-order valence-corrected chi connectivity index (χ1v) is 12.0. The van der Waals surface area contributed by atoms with Crippen LogP contribution in [0.15, 0.2) is 0 Å². The van der Waals surface area contributed by atoms with Gasteiger partial charge in [0.05, 0.1) is 5.97 Å². The molecule has 0 spiro atoms. The van der Waals surface area contributed by atoms with Gasteiger partial charge in [0.15, 0.2) is 0 Å². The van der Waals surface area contributed by atoms with Gasteiger partial charge in [0.1, 0.15) is 5.25 Å². The Morgan fingerprint density at radius 1 is 0.767 bits per heavy atom. The molecule has 0 aliphatic rings. The van der Waals surface area contributed by atoms with Crippen molar-refractivity contribution in [3.05, 3.63) is 0 Å². The van der Waals surface area contributed by atoms with E-state index in [4.69, 9.17) is 0 Å². The van der Waals surface area contributed by atoms with Gasteiger partial charge in [-0.25, -0.2) is 0 Å². The number of carbonyl (C=O) groups is 2. The molecule has 0 aliphatic carbocycles. The first kappa shape index (κ1) is 35.4. The first-order chi connectivity index (χ1) is 13.1. The maximum atomic E-state index is 12.0. The summed E-state index contributed by atoms with van der Waals surface area (Å²) in [5, 5.41) is 21.0. The van der Waals surface area contributed by atoms with E-state index in [2.05, 4.69) is 13.8 Å². The van der Waals surface area contributed by atoms with Crippen molar-refractivity contribution in [2.24, 2.45) is 5.41 Å². The summed E-state index contributed by atoms with van der Waals surface area (Å²) in [5.41, 5.74) is -2.18. The monoisotopic (exact) mass is 466 g/mol. The van der Waals surface area contributed by atoms with Crippen molar-refractivity contribution >= 4 is 22.1 Å². The zero-order valence-corrected chi connectivity index (χ0v) is 24.1. The first-order valence-electron chi connectivity index (χ1n) is 10.5. The van der Waals surface area contributed by atoms with E-state index in [0.717, 1.165) is 51.4 Å². The van der Waals surface area contributed by atoms with Gasteiger partial charge in [-0.3, -0.25) is 4.55 Å². The molecule has 30 heavy (non-hydrogen) atoms. The van der Waals surface area contributed by atoms with E-state index >= 15 is 0 Å². The Labute approximate surface area is 226 Å². The van der Waals surface area contributed by atoms with Gasteiger partial charge in [-0.05, 0) is 12.8 Å². The third-order valence-corrected chi connectivity index (χ3v) is 6.61. The molecule has 0 amide bonds. The Morgan fingerprint density at radius 2 is 1.10 bits per heavy atom. The van der Waals surface area contributed by atoms with E-state index in [9.17, 15) is 32.8 Å². The van der Waals surface area contributed by atoms with Gasteiger partial charge in [0.25, 0.3) is 10.1 Å². The van der Waals surface area contributed by atoms with Gasteiger partial charge in [-0.15, -0.1) is 0 Å². The van der Waals surface area contributed by atoms with Crippen LogP contribution in [0, 0.1) is 5.41 Å². The van der Waals surface area contributed by atoms with Crippen LogP contribution in [0.25, 0.3) is 0 Å². The SMILES string of the molecule is CCCCCCCCC(CCCCCCCC)(C(=O)[O-])C(C(=O)[O-])S(=O)(=O)O.[Na+].[Na+]. The summed E-state index contributed by atoms with van der Waals surface area (Å²) in [6, 6.07) is 0. The van der Waals surface area contributed by atoms with Crippen molar-refractivity contribution in [2.45, 2.75) is 109 Å². The standard InChI is InChI=1S/C20H38O7S.2Na/c1-3-5-7-9-11-13-15-20(19(23)24,16-14-12-10-8-6-4-2)17(18(21)22)28(25,26)27;;/h17H,3-16H2,1-2H3,(H,21,22)(H,23,24)(H,25,26,27);;/q;2*+1/p-2. The van der Waals surface area contributed by atoms with Gasteiger partial charge in [-0.2, -0.15) is 8.42 Å². The zero-order chi connectivity index (χ0) is 21.6. The van der Waals surface area contributed by atoms with E-state index in [1.54, 1.807) is 0 Å². The van der Waals surface area contributed by atoms with Crippen LogP contribution in [0.1, 0.15) is 104 Å². The van der Waals surface area contributed by atoms with Crippen LogP contribution >= 0.6 is 0 Å². The third kappa shape index (κ3) is 13.4. The van der Waals surface area contributed by atoms with Gasteiger partial charge in [0, 0.05) is 11.4 Å². The van der Waals surface area contributed by atoms with Gasteiger partial charge in [-0.1, -0.05) is 90.9 Å². The van der Waals surface area contributed by atoms with Gasteiger partial charge >= 0.3 is 59.1 Å². The molecule has 0 rings (SSSR count). The number of carbonyl (C=O) groups excluding carboxylic acids is 2. The van der Waals surface area contributed by atoms with E-state index in [1.165, 1.54) is 0 Å². The Hall–Kier alpha value is 0.850. The fourth-order valence-electron chi connectivity index (χ4n) is 3.77. The van der Waals surface area contributed by atoms with Gasteiger partial charge < -0.3 is 19.8 Å². The van der Waals surface area contributed by atoms with Gasteiger partial charge in [0.2, 0.25) is 0 Å². The van der Waals surface area contributed by atoms with Crippen molar-refractivity contribution in [3.8, 4) is 0 Å². The Bertz CT molecular complexity index is 552. The molecule has 0 aromatic heterocycles. The molecule has 166 valence electrons. The zero-order valence-electron chi connectivity index (χ0n) is 19.3. The minimum atomic E-state index is -5.15. The van der Waals surface area contributed by atoms with Crippen LogP contribution in [0.5, 0.6) is 0 Å². The van der Waals surface area contributed by atoms with Crippen molar-refractivity contribution in [2.75, 3.05) is 0 Å². The van der Waals surface area contributed by atoms with Crippen molar-refractivity contribution in [1.29, 1.82) is 0 Å². The van der Waals surface area contributed by atoms with E-state index in [-0.39, 0.29) is 72.0 Å². The second-order valence-corrected chi connectivity index (χ2v) is 9.19. The maximum absolute atomic E-state index is 12.0. The molecule has 0 fully saturated rings. The average molecular weight is 467 g/mol. The van der Waals surface area contributed by atoms with Crippen molar-refractivity contribution in [1.82, 2.24) is 0 Å². The molecule has 7 nitrogen and oxygen atoms in total. The predicted molar refractivity (Wildman–Crippen MR) is 104 cm³/mol. The van der Waals surface area contributed by atoms with E-state index < -0.39 is 32.7 Å². The Kier molecular flexibility index (Phi) is 22.8. The van der Waals surface area contributed by atoms with Crippen LogP contribution < -0.4 is 69.3 Å². The molecule has 0 aromatic carbocycles. The molecule has 0 bridgehead atoms. The van der Waals surface area contributed by atoms with E-state index in [1.807, 2.05) is 0 Å². The number of hydrogen-bond acceptors (Lipinski definition) is 6. The summed E-state index contributed by atoms with van der Waals surface area (Å²) < 4.78 is 32.9. The largest absolute Gasteiger partial charge is 1.00 e. The third-order valence-electron chi connectivity index (χ3n) is 5.37. The van der Waals surface area contributed by atoms with Crippen LogP contribution in [-0.2, 0) is 19.7 Å². The minimum Gasteiger partial charge on any atom is -0.549 e. The normalized spacial score (nSPS) is 12.5. The van der Waals surface area contributed by atoms with Crippen LogP contribution in [-0.4, -0.2) is 30.2 Å². The fourth-order valence-corrected chi connectivity index (χ4v) is 4.92. The molecule has 0 aromatic rings. The molecule has 0 saturated heterocycles. The Morgan fingerprint density at radius 3 is 1.37 bits per heavy atom. The molecular formula is C20H36Na2O7S. The summed E-state index contributed by atoms with van der Waals surface area (Å²) >= 11 is 0. The molecule has 1 N–H and O–H groups in total. The smallest absolute Gasteiger partial charge is 0.549 e. The summed E-state index contributed by atoms with van der Waals surface area (Å²) in [6.45, 7) is 4.14. The topological polar surface area (TPSA) is 135 Å². The average Bonchev–Trinajstić information content (AvgIpc) is 2.58. The number of rotatable bonds is 18. The fraction of sp³-hybridized carbons (Fsp3) is 0.900. The number of aliphatic carboxylic acids is 2. The molecule has 0 heterocycles. The molecule has 0 radical (unpaired) electrons. The molecule has 0 aliphatic heterocycles. The molecular weight excluding hydrogens is 430 g/mol. The minimum absolute atomic E-state index is 0. The number of unbranched alkanes of at least 4 members (excludes halogenated alkanes) is 10. The molecule has 10 heteroatoms. The number of hydrogen-bond donors (Lipinski definition) is 1. The number of carboxylic acids is 2. The predicted octanol–water partition coefficient (Wildman–Crippen LogP) is -3.76. The second-order valence-electron chi connectivity index (χ2n) is 7.69. The molecule has 1 atom stereocenters. The quantitative estimate of drug-likeness (QED) is 0.125. The number of carboxylic acid groups (broad SMARTS) is 2. The summed E-state index contributed by atoms with van der Waals surface area (Å²) in [6.07, 6.45) is 9.57. The summed E-state index contributed by atoms with van der Waals surface area (Å²) in [5.74, 6) is -3.84. The maximum Gasteiger partial charge on any atom is 1.00 e.